The lowest BCUT2D eigenvalue weighted by molar-refractivity contribution is 0.274. The topological polar surface area (TPSA) is 47.3 Å². The van der Waals surface area contributed by atoms with Gasteiger partial charge in [-0.25, -0.2) is 4.68 Å². The summed E-state index contributed by atoms with van der Waals surface area (Å²) >= 11 is 0. The molecule has 0 radical (unpaired) electrons. The van der Waals surface area contributed by atoms with Crippen LogP contribution in [0.15, 0.2) is 18.2 Å². The van der Waals surface area contributed by atoms with Gasteiger partial charge in [0.25, 0.3) is 0 Å². The zero-order valence-corrected chi connectivity index (χ0v) is 12.8. The van der Waals surface area contributed by atoms with Gasteiger partial charge < -0.3 is 9.84 Å². The molecule has 0 amide bonds. The van der Waals surface area contributed by atoms with Gasteiger partial charge in [-0.15, -0.1) is 0 Å². The van der Waals surface area contributed by atoms with Crippen molar-refractivity contribution in [3.63, 3.8) is 0 Å². The Bertz CT molecular complexity index is 615. The minimum absolute atomic E-state index is 0.0715. The summed E-state index contributed by atoms with van der Waals surface area (Å²) in [5.74, 6) is 1.87. The maximum Gasteiger partial charge on any atom is 0.223 e. The van der Waals surface area contributed by atoms with Crippen molar-refractivity contribution in [3.8, 4) is 11.6 Å². The van der Waals surface area contributed by atoms with Crippen LogP contribution in [-0.2, 0) is 13.7 Å². The fourth-order valence-corrected chi connectivity index (χ4v) is 2.18. The molecule has 0 aliphatic rings. The molecule has 1 aromatic carbocycles. The van der Waals surface area contributed by atoms with Gasteiger partial charge in [-0.05, 0) is 37.0 Å². The Morgan fingerprint density at radius 3 is 2.60 bits per heavy atom. The van der Waals surface area contributed by atoms with Crippen LogP contribution in [0, 0.1) is 13.8 Å². The number of rotatable bonds is 4. The smallest absolute Gasteiger partial charge is 0.223 e. The lowest BCUT2D eigenvalue weighted by Crippen LogP contribution is -1.99. The Morgan fingerprint density at radius 2 is 2.00 bits per heavy atom. The monoisotopic (exact) mass is 274 g/mol. The molecule has 1 N–H and O–H groups in total. The quantitative estimate of drug-likeness (QED) is 0.929. The molecule has 1 aromatic heterocycles. The highest BCUT2D eigenvalue weighted by Crippen LogP contribution is 2.31. The van der Waals surface area contributed by atoms with Gasteiger partial charge in [-0.1, -0.05) is 26.0 Å². The number of hydrogen-bond acceptors (Lipinski definition) is 3. The highest BCUT2D eigenvalue weighted by molar-refractivity contribution is 5.42. The Kier molecular flexibility index (Phi) is 4.14. The highest BCUT2D eigenvalue weighted by Gasteiger charge is 2.16. The van der Waals surface area contributed by atoms with Crippen LogP contribution in [0.4, 0.5) is 0 Å². The summed E-state index contributed by atoms with van der Waals surface area (Å²) < 4.78 is 7.68. The zero-order chi connectivity index (χ0) is 14.9. The number of ether oxygens (including phenoxy) is 1. The first-order chi connectivity index (χ1) is 9.43. The van der Waals surface area contributed by atoms with Crippen LogP contribution in [0.25, 0.3) is 0 Å². The van der Waals surface area contributed by atoms with Gasteiger partial charge in [0.2, 0.25) is 5.88 Å². The molecule has 4 heteroatoms. The molecule has 4 nitrogen and oxygen atoms in total. The second-order valence-corrected chi connectivity index (χ2v) is 5.43. The number of hydrogen-bond donors (Lipinski definition) is 1. The molecule has 108 valence electrons. The van der Waals surface area contributed by atoms with Crippen molar-refractivity contribution < 1.29 is 9.84 Å². The van der Waals surface area contributed by atoms with Crippen LogP contribution >= 0.6 is 0 Å². The first-order valence-corrected chi connectivity index (χ1v) is 6.85. The molecule has 0 saturated carbocycles. The fourth-order valence-electron chi connectivity index (χ4n) is 2.18. The van der Waals surface area contributed by atoms with E-state index in [4.69, 9.17) is 4.74 Å². The van der Waals surface area contributed by atoms with E-state index in [1.807, 2.05) is 20.9 Å². The van der Waals surface area contributed by atoms with Crippen LogP contribution in [0.5, 0.6) is 11.6 Å². The molecule has 0 saturated heterocycles. The van der Waals surface area contributed by atoms with Crippen molar-refractivity contribution in [2.24, 2.45) is 7.05 Å². The summed E-state index contributed by atoms with van der Waals surface area (Å²) in [6.45, 7) is 8.12. The molecule has 0 aliphatic carbocycles. The standard InChI is InChI=1S/C16H22N2O2/c1-10(2)13-7-6-11(3)15(8-13)20-16-14(9-19)12(4)17-18(16)5/h6-8,10,19H,9H2,1-5H3. The van der Waals surface area contributed by atoms with Crippen LogP contribution in [-0.4, -0.2) is 14.9 Å². The molecule has 20 heavy (non-hydrogen) atoms. The molecule has 0 aliphatic heterocycles. The Labute approximate surface area is 120 Å². The Hall–Kier alpha value is -1.81. The molecule has 2 aromatic rings. The number of aryl methyl sites for hydroxylation is 3. The summed E-state index contributed by atoms with van der Waals surface area (Å²) in [6, 6.07) is 6.24. The van der Waals surface area contributed by atoms with Gasteiger partial charge >= 0.3 is 0 Å². The van der Waals surface area contributed by atoms with Gasteiger partial charge in [-0.2, -0.15) is 5.10 Å². The van der Waals surface area contributed by atoms with Crippen molar-refractivity contribution in [2.45, 2.75) is 40.2 Å². The van der Waals surface area contributed by atoms with Crippen molar-refractivity contribution in [2.75, 3.05) is 0 Å². The maximum absolute atomic E-state index is 9.47. The molecule has 0 spiro atoms. The van der Waals surface area contributed by atoms with Crippen molar-refractivity contribution in [1.82, 2.24) is 9.78 Å². The van der Waals surface area contributed by atoms with E-state index in [0.29, 0.717) is 11.8 Å². The molecule has 2 rings (SSSR count). The number of aliphatic hydroxyl groups excluding tert-OH is 1. The van der Waals surface area contributed by atoms with Gasteiger partial charge in [0.05, 0.1) is 17.9 Å². The Morgan fingerprint density at radius 1 is 1.30 bits per heavy atom. The number of aliphatic hydroxyl groups is 1. The molecule has 0 atom stereocenters. The van der Waals surface area contributed by atoms with E-state index in [-0.39, 0.29) is 6.61 Å². The average molecular weight is 274 g/mol. The zero-order valence-electron chi connectivity index (χ0n) is 12.8. The maximum atomic E-state index is 9.47. The van der Waals surface area contributed by atoms with E-state index in [1.165, 1.54) is 5.56 Å². The first-order valence-electron chi connectivity index (χ1n) is 6.85. The lowest BCUT2D eigenvalue weighted by Gasteiger charge is -2.13. The largest absolute Gasteiger partial charge is 0.439 e. The predicted octanol–water partition coefficient (Wildman–Crippen LogP) is 3.44. The number of aromatic nitrogens is 2. The van der Waals surface area contributed by atoms with Crippen LogP contribution < -0.4 is 4.74 Å². The predicted molar refractivity (Wildman–Crippen MR) is 79.2 cm³/mol. The lowest BCUT2D eigenvalue weighted by atomic mass is 10.0. The Balaban J connectivity index is 2.42. The molecule has 0 bridgehead atoms. The summed E-state index contributed by atoms with van der Waals surface area (Å²) in [5, 5.41) is 13.8. The van der Waals surface area contributed by atoms with Crippen molar-refractivity contribution >= 4 is 0 Å². The van der Waals surface area contributed by atoms with E-state index in [1.54, 1.807) is 4.68 Å². The van der Waals surface area contributed by atoms with E-state index in [9.17, 15) is 5.11 Å². The van der Waals surface area contributed by atoms with E-state index < -0.39 is 0 Å². The molecule has 0 unspecified atom stereocenters. The van der Waals surface area contributed by atoms with Crippen molar-refractivity contribution in [1.29, 1.82) is 0 Å². The molecule has 0 fully saturated rings. The molecule has 1 heterocycles. The summed E-state index contributed by atoms with van der Waals surface area (Å²) in [4.78, 5) is 0. The van der Waals surface area contributed by atoms with Crippen LogP contribution in [0.3, 0.4) is 0 Å². The summed E-state index contributed by atoms with van der Waals surface area (Å²) in [5.41, 5.74) is 3.83. The third kappa shape index (κ3) is 2.70. The van der Waals surface area contributed by atoms with Gasteiger partial charge in [0, 0.05) is 7.05 Å². The second kappa shape index (κ2) is 5.67. The van der Waals surface area contributed by atoms with Crippen molar-refractivity contribution in [3.05, 3.63) is 40.6 Å². The van der Waals surface area contributed by atoms with E-state index in [0.717, 1.165) is 22.6 Å². The minimum Gasteiger partial charge on any atom is -0.439 e. The number of nitrogens with zero attached hydrogens (tertiary/aromatic N) is 2. The van der Waals surface area contributed by atoms with E-state index in [2.05, 4.69) is 37.1 Å². The molecular formula is C16H22N2O2. The van der Waals surface area contributed by atoms with E-state index >= 15 is 0 Å². The third-order valence-electron chi connectivity index (χ3n) is 3.53. The number of benzene rings is 1. The normalized spacial score (nSPS) is 11.2. The van der Waals surface area contributed by atoms with Gasteiger partial charge in [0.15, 0.2) is 0 Å². The average Bonchev–Trinajstić information content (AvgIpc) is 2.66. The molecular weight excluding hydrogens is 252 g/mol. The highest BCUT2D eigenvalue weighted by atomic mass is 16.5. The summed E-state index contributed by atoms with van der Waals surface area (Å²) in [7, 11) is 1.82. The second-order valence-electron chi connectivity index (χ2n) is 5.43. The third-order valence-corrected chi connectivity index (χ3v) is 3.53. The van der Waals surface area contributed by atoms with Gasteiger partial charge in [0.1, 0.15) is 5.75 Å². The SMILES string of the molecule is Cc1ccc(C(C)C)cc1Oc1c(CO)c(C)nn1C. The van der Waals surface area contributed by atoms with Gasteiger partial charge in [-0.3, -0.25) is 0 Å². The minimum atomic E-state index is -0.0715. The first kappa shape index (κ1) is 14.6. The summed E-state index contributed by atoms with van der Waals surface area (Å²) in [6.07, 6.45) is 0. The van der Waals surface area contributed by atoms with Crippen LogP contribution in [0.2, 0.25) is 0 Å². The fraction of sp³-hybridized carbons (Fsp3) is 0.438. The van der Waals surface area contributed by atoms with Crippen LogP contribution in [0.1, 0.15) is 42.1 Å².